The molecular weight excluding hydrogens is 274 g/mol. The zero-order valence-corrected chi connectivity index (χ0v) is 10.8. The Morgan fingerprint density at radius 2 is 2.19 bits per heavy atom. The molecule has 0 heterocycles. The van der Waals surface area contributed by atoms with Crippen LogP contribution in [0.2, 0.25) is 0 Å². The molecule has 0 amide bonds. The van der Waals surface area contributed by atoms with Crippen LogP contribution in [-0.4, -0.2) is 26.7 Å². The Bertz CT molecular complexity index is 381. The third-order valence-corrected chi connectivity index (χ3v) is 2.79. The second kappa shape index (κ2) is 5.86. The molecule has 1 rings (SSSR count). The van der Waals surface area contributed by atoms with Crippen molar-refractivity contribution in [2.24, 2.45) is 5.73 Å². The van der Waals surface area contributed by atoms with Gasteiger partial charge in [0.1, 0.15) is 5.75 Å². The number of ether oxygens (including phenoxy) is 2. The Morgan fingerprint density at radius 1 is 1.50 bits per heavy atom. The molecule has 1 unspecified atom stereocenters. The van der Waals surface area contributed by atoms with E-state index in [-0.39, 0.29) is 12.5 Å². The van der Waals surface area contributed by atoms with E-state index in [0.29, 0.717) is 5.75 Å². The molecule has 1 atom stereocenters. The minimum atomic E-state index is -0.493. The number of carbonyl (C=O) groups excluding carboxylic acids is 1. The van der Waals surface area contributed by atoms with Crippen LogP contribution < -0.4 is 10.5 Å². The standard InChI is InChI=1S/C11H14BrNO3/c1-15-10-5-7(12)3-4-8(10)9(6-13)11(14)16-2/h3-5,9H,6,13H2,1-2H3. The van der Waals surface area contributed by atoms with Crippen molar-refractivity contribution >= 4 is 21.9 Å². The molecule has 0 radical (unpaired) electrons. The highest BCUT2D eigenvalue weighted by Crippen LogP contribution is 2.29. The SMILES string of the molecule is COC(=O)C(CN)c1ccc(Br)cc1OC. The van der Waals surface area contributed by atoms with Crippen molar-refractivity contribution < 1.29 is 14.3 Å². The maximum absolute atomic E-state index is 11.5. The van der Waals surface area contributed by atoms with Gasteiger partial charge in [0, 0.05) is 16.6 Å². The van der Waals surface area contributed by atoms with Crippen molar-refractivity contribution in [3.8, 4) is 5.75 Å². The summed E-state index contributed by atoms with van der Waals surface area (Å²) in [6, 6.07) is 5.43. The summed E-state index contributed by atoms with van der Waals surface area (Å²) in [7, 11) is 2.90. The minimum absolute atomic E-state index is 0.185. The predicted octanol–water partition coefficient (Wildman–Crippen LogP) is 1.67. The molecule has 0 aliphatic heterocycles. The van der Waals surface area contributed by atoms with Crippen molar-refractivity contribution in [3.05, 3.63) is 28.2 Å². The lowest BCUT2D eigenvalue weighted by Crippen LogP contribution is -2.23. The lowest BCUT2D eigenvalue weighted by atomic mass is 9.98. The molecule has 0 saturated carbocycles. The van der Waals surface area contributed by atoms with Gasteiger partial charge < -0.3 is 15.2 Å². The maximum atomic E-state index is 11.5. The first-order valence-electron chi connectivity index (χ1n) is 4.75. The summed E-state index contributed by atoms with van der Waals surface area (Å²) in [4.78, 5) is 11.5. The van der Waals surface area contributed by atoms with Crippen LogP contribution in [0.15, 0.2) is 22.7 Å². The van der Waals surface area contributed by atoms with Gasteiger partial charge in [0.2, 0.25) is 0 Å². The Hall–Kier alpha value is -1.07. The number of methoxy groups -OCH3 is 2. The van der Waals surface area contributed by atoms with Gasteiger partial charge in [-0.3, -0.25) is 4.79 Å². The van der Waals surface area contributed by atoms with Crippen LogP contribution in [0.3, 0.4) is 0 Å². The molecule has 88 valence electrons. The van der Waals surface area contributed by atoms with Gasteiger partial charge in [-0.1, -0.05) is 22.0 Å². The molecule has 4 nitrogen and oxygen atoms in total. The summed E-state index contributed by atoms with van der Waals surface area (Å²) in [5.74, 6) is -0.230. The van der Waals surface area contributed by atoms with Crippen molar-refractivity contribution in [2.75, 3.05) is 20.8 Å². The van der Waals surface area contributed by atoms with Gasteiger partial charge in [-0.15, -0.1) is 0 Å². The van der Waals surface area contributed by atoms with Gasteiger partial charge >= 0.3 is 5.97 Å². The van der Waals surface area contributed by atoms with Crippen molar-refractivity contribution in [2.45, 2.75) is 5.92 Å². The van der Waals surface area contributed by atoms with Crippen LogP contribution in [0.5, 0.6) is 5.75 Å². The third kappa shape index (κ3) is 2.74. The fourth-order valence-corrected chi connectivity index (χ4v) is 1.81. The lowest BCUT2D eigenvalue weighted by Gasteiger charge is -2.16. The molecule has 0 aliphatic rings. The highest BCUT2D eigenvalue weighted by Gasteiger charge is 2.23. The summed E-state index contributed by atoms with van der Waals surface area (Å²) in [5, 5.41) is 0. The molecular formula is C11H14BrNO3. The van der Waals surface area contributed by atoms with Crippen LogP contribution in [0.1, 0.15) is 11.5 Å². The predicted molar refractivity (Wildman–Crippen MR) is 64.5 cm³/mol. The molecule has 0 aromatic heterocycles. The molecule has 0 fully saturated rings. The van der Waals surface area contributed by atoms with E-state index in [4.69, 9.17) is 15.2 Å². The average molecular weight is 288 g/mol. The summed E-state index contributed by atoms with van der Waals surface area (Å²) < 4.78 is 10.8. The fourth-order valence-electron chi connectivity index (χ4n) is 1.47. The second-order valence-electron chi connectivity index (χ2n) is 3.20. The molecule has 1 aromatic carbocycles. The normalized spacial score (nSPS) is 12.0. The maximum Gasteiger partial charge on any atom is 0.314 e. The summed E-state index contributed by atoms with van der Waals surface area (Å²) in [6.07, 6.45) is 0. The Labute approximate surface area is 103 Å². The smallest absolute Gasteiger partial charge is 0.314 e. The van der Waals surface area contributed by atoms with Crippen molar-refractivity contribution in [3.63, 3.8) is 0 Å². The van der Waals surface area contributed by atoms with E-state index >= 15 is 0 Å². The third-order valence-electron chi connectivity index (χ3n) is 2.29. The average Bonchev–Trinajstić information content (AvgIpc) is 2.31. The molecule has 5 heteroatoms. The van der Waals surface area contributed by atoms with Crippen molar-refractivity contribution in [1.29, 1.82) is 0 Å². The van der Waals surface area contributed by atoms with E-state index in [0.717, 1.165) is 10.0 Å². The molecule has 0 aliphatic carbocycles. The van der Waals surface area contributed by atoms with Gasteiger partial charge in [0.25, 0.3) is 0 Å². The van der Waals surface area contributed by atoms with Crippen LogP contribution in [0.4, 0.5) is 0 Å². The van der Waals surface area contributed by atoms with E-state index in [1.165, 1.54) is 7.11 Å². The topological polar surface area (TPSA) is 61.5 Å². The largest absolute Gasteiger partial charge is 0.496 e. The van der Waals surface area contributed by atoms with Gasteiger partial charge in [-0.05, 0) is 12.1 Å². The van der Waals surface area contributed by atoms with E-state index in [1.807, 2.05) is 6.07 Å². The van der Waals surface area contributed by atoms with Gasteiger partial charge in [-0.25, -0.2) is 0 Å². The van der Waals surface area contributed by atoms with E-state index < -0.39 is 5.92 Å². The molecule has 0 bridgehead atoms. The zero-order chi connectivity index (χ0) is 12.1. The zero-order valence-electron chi connectivity index (χ0n) is 9.20. The first-order chi connectivity index (χ1) is 7.63. The molecule has 1 aromatic rings. The number of benzene rings is 1. The quantitative estimate of drug-likeness (QED) is 0.856. The van der Waals surface area contributed by atoms with Crippen LogP contribution >= 0.6 is 15.9 Å². The number of carbonyl (C=O) groups is 1. The van der Waals surface area contributed by atoms with E-state index in [1.54, 1.807) is 19.2 Å². The highest BCUT2D eigenvalue weighted by atomic mass is 79.9. The first-order valence-corrected chi connectivity index (χ1v) is 5.54. The summed E-state index contributed by atoms with van der Waals surface area (Å²) >= 11 is 3.33. The van der Waals surface area contributed by atoms with E-state index in [2.05, 4.69) is 15.9 Å². The van der Waals surface area contributed by atoms with Crippen LogP contribution in [0.25, 0.3) is 0 Å². The first kappa shape index (κ1) is 13.0. The number of rotatable bonds is 4. The Morgan fingerprint density at radius 3 is 2.69 bits per heavy atom. The number of hydrogen-bond acceptors (Lipinski definition) is 4. The van der Waals surface area contributed by atoms with Crippen LogP contribution in [-0.2, 0) is 9.53 Å². The number of hydrogen-bond donors (Lipinski definition) is 1. The second-order valence-corrected chi connectivity index (χ2v) is 4.11. The van der Waals surface area contributed by atoms with E-state index in [9.17, 15) is 4.79 Å². The van der Waals surface area contributed by atoms with Crippen molar-refractivity contribution in [1.82, 2.24) is 0 Å². The molecule has 0 spiro atoms. The fraction of sp³-hybridized carbons (Fsp3) is 0.364. The Kier molecular flexibility index (Phi) is 4.76. The van der Waals surface area contributed by atoms with Gasteiger partial charge in [0.15, 0.2) is 0 Å². The minimum Gasteiger partial charge on any atom is -0.496 e. The number of halogens is 1. The van der Waals surface area contributed by atoms with Gasteiger partial charge in [-0.2, -0.15) is 0 Å². The molecule has 16 heavy (non-hydrogen) atoms. The summed E-state index contributed by atoms with van der Waals surface area (Å²) in [5.41, 5.74) is 6.31. The number of nitrogens with two attached hydrogens (primary N) is 1. The van der Waals surface area contributed by atoms with Crippen LogP contribution in [0, 0.1) is 0 Å². The number of esters is 1. The highest BCUT2D eigenvalue weighted by molar-refractivity contribution is 9.10. The molecule has 2 N–H and O–H groups in total. The lowest BCUT2D eigenvalue weighted by molar-refractivity contribution is -0.142. The molecule has 0 saturated heterocycles. The summed E-state index contributed by atoms with van der Waals surface area (Å²) in [6.45, 7) is 0.185. The van der Waals surface area contributed by atoms with Gasteiger partial charge in [0.05, 0.1) is 20.1 Å². The monoisotopic (exact) mass is 287 g/mol. The Balaban J connectivity index is 3.14.